The van der Waals surface area contributed by atoms with Crippen LogP contribution in [0.3, 0.4) is 0 Å². The molecule has 1 aliphatic heterocycles. The molecule has 0 amide bonds. The molecule has 25 heavy (non-hydrogen) atoms. The summed E-state index contributed by atoms with van der Waals surface area (Å²) < 4.78 is 16.8. The number of hydrogen-bond donors (Lipinski definition) is 0. The molecule has 2 aliphatic rings. The average Bonchev–Trinajstić information content (AvgIpc) is 2.64. The summed E-state index contributed by atoms with van der Waals surface area (Å²) in [6.07, 6.45) is 1.29. The summed E-state index contributed by atoms with van der Waals surface area (Å²) in [4.78, 5) is 24.8. The van der Waals surface area contributed by atoms with E-state index in [0.29, 0.717) is 29.2 Å². The molecule has 5 nitrogen and oxygen atoms in total. The van der Waals surface area contributed by atoms with E-state index in [2.05, 4.69) is 0 Å². The first-order valence-electron chi connectivity index (χ1n) is 8.39. The molecule has 0 N–H and O–H groups in total. The van der Waals surface area contributed by atoms with Gasteiger partial charge in [-0.1, -0.05) is 18.2 Å². The van der Waals surface area contributed by atoms with Crippen molar-refractivity contribution in [2.45, 2.75) is 32.3 Å². The summed E-state index contributed by atoms with van der Waals surface area (Å²) in [6.45, 7) is 2.05. The molecule has 128 valence electrons. The second-order valence-electron chi connectivity index (χ2n) is 6.30. The number of Topliss-reactive ketones (excluding diaryl/α,β-unsaturated/α-hetero) is 1. The van der Waals surface area contributed by atoms with Crippen molar-refractivity contribution < 1.29 is 23.8 Å². The summed E-state index contributed by atoms with van der Waals surface area (Å²) in [5, 5.41) is 0. The quantitative estimate of drug-likeness (QED) is 0.621. The van der Waals surface area contributed by atoms with Crippen LogP contribution in [-0.2, 0) is 11.2 Å². The topological polar surface area (TPSA) is 61.8 Å². The molecule has 1 heterocycles. The Balaban J connectivity index is 1.57. The number of carbonyl (C=O) groups excluding carboxylic acids is 2. The Kier molecular flexibility index (Phi) is 3.92. The molecule has 0 unspecified atom stereocenters. The smallest absolute Gasteiger partial charge is 0.356 e. The monoisotopic (exact) mass is 338 g/mol. The third kappa shape index (κ3) is 2.86. The Morgan fingerprint density at radius 2 is 1.92 bits per heavy atom. The van der Waals surface area contributed by atoms with Crippen LogP contribution in [0.5, 0.6) is 17.2 Å². The van der Waals surface area contributed by atoms with Crippen molar-refractivity contribution in [2.75, 3.05) is 6.61 Å². The Bertz CT molecular complexity index is 855. The lowest BCUT2D eigenvalue weighted by Gasteiger charge is -2.26. The third-order valence-electron chi connectivity index (χ3n) is 4.60. The van der Waals surface area contributed by atoms with Gasteiger partial charge in [0.2, 0.25) is 6.10 Å². The van der Waals surface area contributed by atoms with Gasteiger partial charge >= 0.3 is 5.97 Å². The van der Waals surface area contributed by atoms with Crippen LogP contribution in [0.4, 0.5) is 0 Å². The number of rotatable bonds is 2. The molecule has 0 aromatic heterocycles. The molecule has 2 aromatic carbocycles. The van der Waals surface area contributed by atoms with E-state index in [1.165, 1.54) is 0 Å². The molecular formula is C20H18O5. The van der Waals surface area contributed by atoms with Crippen molar-refractivity contribution in [3.63, 3.8) is 0 Å². The minimum atomic E-state index is -0.856. The van der Waals surface area contributed by atoms with Crippen LogP contribution in [0, 0.1) is 6.92 Å². The highest BCUT2D eigenvalue weighted by atomic mass is 16.6. The van der Waals surface area contributed by atoms with E-state index in [-0.39, 0.29) is 12.4 Å². The number of ketones is 1. The van der Waals surface area contributed by atoms with Gasteiger partial charge in [-0.25, -0.2) is 4.79 Å². The molecule has 1 aliphatic carbocycles. The molecule has 0 saturated carbocycles. The van der Waals surface area contributed by atoms with E-state index in [1.54, 1.807) is 18.2 Å². The van der Waals surface area contributed by atoms with Gasteiger partial charge in [0.25, 0.3) is 0 Å². The Morgan fingerprint density at radius 3 is 2.76 bits per heavy atom. The van der Waals surface area contributed by atoms with Crippen molar-refractivity contribution >= 4 is 11.8 Å². The summed E-state index contributed by atoms with van der Waals surface area (Å²) in [6, 6.07) is 10.7. The fourth-order valence-electron chi connectivity index (χ4n) is 3.30. The number of benzene rings is 2. The zero-order valence-electron chi connectivity index (χ0n) is 13.9. The molecule has 4 rings (SSSR count). The summed E-state index contributed by atoms with van der Waals surface area (Å²) in [5.41, 5.74) is 2.57. The number of esters is 1. The van der Waals surface area contributed by atoms with Crippen molar-refractivity contribution in [3.8, 4) is 17.2 Å². The predicted octanol–water partition coefficient (Wildman–Crippen LogP) is 3.26. The first-order chi connectivity index (χ1) is 12.1. The highest BCUT2D eigenvalue weighted by Gasteiger charge is 2.31. The molecule has 0 radical (unpaired) electrons. The van der Waals surface area contributed by atoms with Gasteiger partial charge in [0.15, 0.2) is 17.3 Å². The molecule has 5 heteroatoms. The Hall–Kier alpha value is -2.82. The number of fused-ring (bicyclic) bond motifs is 2. The standard InChI is InChI=1S/C20H18O5/c1-12-9-10-17(19-13(12)5-4-6-14(19)21)25-20(22)18-11-23-15-7-2-3-8-16(15)24-18/h2-3,7-10,18H,4-6,11H2,1H3/t18-/m1/s1. The maximum Gasteiger partial charge on any atom is 0.356 e. The lowest BCUT2D eigenvalue weighted by Crippen LogP contribution is -2.39. The SMILES string of the molecule is Cc1ccc(OC(=O)[C@H]2COc3ccccc3O2)c2c1CCCC2=O. The van der Waals surface area contributed by atoms with Gasteiger partial charge in [-0.15, -0.1) is 0 Å². The van der Waals surface area contributed by atoms with Crippen molar-refractivity contribution in [3.05, 3.63) is 53.1 Å². The second kappa shape index (κ2) is 6.24. The van der Waals surface area contributed by atoms with Crippen molar-refractivity contribution in [1.29, 1.82) is 0 Å². The number of hydrogen-bond acceptors (Lipinski definition) is 5. The van der Waals surface area contributed by atoms with E-state index in [9.17, 15) is 9.59 Å². The van der Waals surface area contributed by atoms with E-state index < -0.39 is 12.1 Å². The molecular weight excluding hydrogens is 320 g/mol. The summed E-state index contributed by atoms with van der Waals surface area (Å²) in [5.74, 6) is 0.905. The van der Waals surface area contributed by atoms with E-state index in [1.807, 2.05) is 25.1 Å². The highest BCUT2D eigenvalue weighted by molar-refractivity contribution is 6.02. The zero-order chi connectivity index (χ0) is 17.4. The number of para-hydroxylation sites is 2. The van der Waals surface area contributed by atoms with Gasteiger partial charge in [-0.05, 0) is 49.1 Å². The van der Waals surface area contributed by atoms with E-state index in [4.69, 9.17) is 14.2 Å². The van der Waals surface area contributed by atoms with Crippen LogP contribution in [0.15, 0.2) is 36.4 Å². The minimum Gasteiger partial charge on any atom is -0.485 e. The van der Waals surface area contributed by atoms with Gasteiger partial charge in [0.05, 0.1) is 5.56 Å². The minimum absolute atomic E-state index is 0.0268. The number of ether oxygens (including phenoxy) is 3. The van der Waals surface area contributed by atoms with Crippen molar-refractivity contribution in [1.82, 2.24) is 0 Å². The predicted molar refractivity (Wildman–Crippen MR) is 90.4 cm³/mol. The molecule has 0 saturated heterocycles. The molecule has 1 atom stereocenters. The lowest BCUT2D eigenvalue weighted by atomic mass is 9.87. The van der Waals surface area contributed by atoms with Crippen LogP contribution >= 0.6 is 0 Å². The van der Waals surface area contributed by atoms with Gasteiger partial charge in [-0.2, -0.15) is 0 Å². The van der Waals surface area contributed by atoms with E-state index >= 15 is 0 Å². The van der Waals surface area contributed by atoms with Crippen LogP contribution < -0.4 is 14.2 Å². The van der Waals surface area contributed by atoms with Crippen molar-refractivity contribution in [2.24, 2.45) is 0 Å². The van der Waals surface area contributed by atoms with Gasteiger partial charge in [0.1, 0.15) is 12.4 Å². The van der Waals surface area contributed by atoms with Gasteiger partial charge in [0, 0.05) is 6.42 Å². The van der Waals surface area contributed by atoms with Crippen LogP contribution in [0.25, 0.3) is 0 Å². The average molecular weight is 338 g/mol. The Morgan fingerprint density at radius 1 is 1.12 bits per heavy atom. The third-order valence-corrected chi connectivity index (χ3v) is 4.60. The fourth-order valence-corrected chi connectivity index (χ4v) is 3.30. The van der Waals surface area contributed by atoms with Crippen LogP contribution in [0.2, 0.25) is 0 Å². The van der Waals surface area contributed by atoms with Gasteiger partial charge in [-0.3, -0.25) is 4.79 Å². The lowest BCUT2D eigenvalue weighted by molar-refractivity contribution is -0.144. The number of carbonyl (C=O) groups is 2. The molecule has 2 aromatic rings. The van der Waals surface area contributed by atoms with Gasteiger partial charge < -0.3 is 14.2 Å². The van der Waals surface area contributed by atoms with Crippen LogP contribution in [0.1, 0.15) is 34.3 Å². The van der Waals surface area contributed by atoms with Crippen LogP contribution in [-0.4, -0.2) is 24.5 Å². The maximum absolute atomic E-state index is 12.5. The maximum atomic E-state index is 12.5. The van der Waals surface area contributed by atoms with E-state index in [0.717, 1.165) is 24.0 Å². The second-order valence-corrected chi connectivity index (χ2v) is 6.30. The molecule has 0 spiro atoms. The summed E-state index contributed by atoms with van der Waals surface area (Å²) in [7, 11) is 0. The summed E-state index contributed by atoms with van der Waals surface area (Å²) >= 11 is 0. The zero-order valence-corrected chi connectivity index (χ0v) is 13.9. The first-order valence-corrected chi connectivity index (χ1v) is 8.39. The first kappa shape index (κ1) is 15.7. The normalized spacial score (nSPS) is 18.4. The highest BCUT2D eigenvalue weighted by Crippen LogP contribution is 2.34. The fraction of sp³-hybridized carbons (Fsp3) is 0.300. The Labute approximate surface area is 145 Å². The molecule has 0 fully saturated rings. The number of aryl methyl sites for hydroxylation is 1. The molecule has 0 bridgehead atoms. The largest absolute Gasteiger partial charge is 0.485 e.